The molecular formula is C19H34FN3O6. The van der Waals surface area contributed by atoms with Gasteiger partial charge >= 0.3 is 18.3 Å². The molecule has 168 valence electrons. The van der Waals surface area contributed by atoms with E-state index in [4.69, 9.17) is 9.47 Å². The summed E-state index contributed by atoms with van der Waals surface area (Å²) >= 11 is 0. The molecule has 3 amide bonds. The van der Waals surface area contributed by atoms with Crippen molar-refractivity contribution in [1.29, 1.82) is 0 Å². The van der Waals surface area contributed by atoms with Crippen molar-refractivity contribution >= 4 is 18.3 Å². The zero-order chi connectivity index (χ0) is 22.1. The van der Waals surface area contributed by atoms with Crippen LogP contribution in [-0.4, -0.2) is 98.7 Å². The van der Waals surface area contributed by atoms with Gasteiger partial charge in [0.05, 0.1) is 18.1 Å². The highest BCUT2D eigenvalue weighted by Crippen LogP contribution is 2.16. The molecule has 0 aromatic heterocycles. The number of hydrogen-bond acceptors (Lipinski definition) is 6. The number of carbonyl (C=O) groups excluding carboxylic acids is 3. The largest absolute Gasteiger partial charge is 0.447 e. The molecule has 29 heavy (non-hydrogen) atoms. The third kappa shape index (κ3) is 7.25. The zero-order valence-corrected chi connectivity index (χ0v) is 18.2. The molecule has 3 aliphatic heterocycles. The summed E-state index contributed by atoms with van der Waals surface area (Å²) in [6, 6.07) is 0.234. The van der Waals surface area contributed by atoms with Gasteiger partial charge in [-0.15, -0.1) is 0 Å². The Morgan fingerprint density at radius 1 is 0.828 bits per heavy atom. The Kier molecular flexibility index (Phi) is 9.97. The van der Waals surface area contributed by atoms with E-state index in [9.17, 15) is 18.8 Å². The minimum Gasteiger partial charge on any atom is -0.447 e. The minimum absolute atomic E-state index is 0.185. The predicted octanol–water partition coefficient (Wildman–Crippen LogP) is 2.74. The second-order valence-corrected chi connectivity index (χ2v) is 7.72. The molecule has 0 aromatic carbocycles. The normalized spacial score (nSPS) is 25.9. The summed E-state index contributed by atoms with van der Waals surface area (Å²) in [5, 5.41) is 0. The fraction of sp³-hybridized carbons (Fsp3) is 0.842. The topological polar surface area (TPSA) is 88.6 Å². The Balaban J connectivity index is 0.000000219. The van der Waals surface area contributed by atoms with E-state index in [-0.39, 0.29) is 24.8 Å². The molecule has 0 bridgehead atoms. The standard InChI is InChI=1S/C8H15NO2.C6H11NO2.C5H8FNO2/c1-6(2)4-7-5-11-8(10)9(7)3;1-3-5-4-9-6(8)7(5)2;1-7-4(2-6)3-9-5(7)8/h6-7H,4-5H2,1-3H3;5H,3-4H2,1-2H3;4H,2-3H2,1H3/t7-;5-;4-/m000/s1. The number of halogens is 1. The van der Waals surface area contributed by atoms with Gasteiger partial charge < -0.3 is 28.9 Å². The maximum Gasteiger partial charge on any atom is 0.410 e. The molecule has 3 rings (SSSR count). The maximum absolute atomic E-state index is 11.8. The highest BCUT2D eigenvalue weighted by atomic mass is 19.1. The first-order valence-electron chi connectivity index (χ1n) is 9.86. The van der Waals surface area contributed by atoms with E-state index in [1.54, 1.807) is 23.9 Å². The van der Waals surface area contributed by atoms with Crippen molar-refractivity contribution in [2.75, 3.05) is 47.6 Å². The van der Waals surface area contributed by atoms with Gasteiger partial charge in [0.1, 0.15) is 26.5 Å². The van der Waals surface area contributed by atoms with Crippen LogP contribution in [0.4, 0.5) is 18.8 Å². The molecule has 0 aromatic rings. The first kappa shape index (κ1) is 24.8. The lowest BCUT2D eigenvalue weighted by Crippen LogP contribution is -2.30. The van der Waals surface area contributed by atoms with Crippen molar-refractivity contribution < 1.29 is 33.0 Å². The van der Waals surface area contributed by atoms with E-state index in [1.165, 1.54) is 11.9 Å². The molecule has 0 N–H and O–H groups in total. The summed E-state index contributed by atoms with van der Waals surface area (Å²) in [4.78, 5) is 36.6. The molecule has 0 radical (unpaired) electrons. The first-order valence-corrected chi connectivity index (χ1v) is 9.86. The van der Waals surface area contributed by atoms with Gasteiger partial charge in [-0.3, -0.25) is 0 Å². The van der Waals surface area contributed by atoms with Crippen molar-refractivity contribution in [3.05, 3.63) is 0 Å². The van der Waals surface area contributed by atoms with Crippen LogP contribution >= 0.6 is 0 Å². The van der Waals surface area contributed by atoms with Crippen LogP contribution in [0, 0.1) is 5.92 Å². The van der Waals surface area contributed by atoms with Crippen molar-refractivity contribution in [3.63, 3.8) is 0 Å². The van der Waals surface area contributed by atoms with Crippen molar-refractivity contribution in [2.24, 2.45) is 5.92 Å². The number of ether oxygens (including phenoxy) is 3. The molecule has 9 nitrogen and oxygen atoms in total. The van der Waals surface area contributed by atoms with Gasteiger partial charge in [0, 0.05) is 21.1 Å². The van der Waals surface area contributed by atoms with Gasteiger partial charge in [-0.25, -0.2) is 18.8 Å². The SMILES string of the molecule is CC(C)C[C@H]1COC(=O)N1C.CC[C@H]1COC(=O)N1C.CN1C(=O)OC[C@@H]1CF. The lowest BCUT2D eigenvalue weighted by atomic mass is 10.0. The number of carbonyl (C=O) groups is 3. The Morgan fingerprint density at radius 2 is 1.21 bits per heavy atom. The molecule has 3 atom stereocenters. The van der Waals surface area contributed by atoms with E-state index in [0.29, 0.717) is 31.2 Å². The fourth-order valence-electron chi connectivity index (χ4n) is 2.90. The second kappa shape index (κ2) is 11.7. The van der Waals surface area contributed by atoms with Crippen molar-refractivity contribution in [2.45, 2.75) is 51.7 Å². The van der Waals surface area contributed by atoms with E-state index in [2.05, 4.69) is 18.6 Å². The minimum atomic E-state index is -0.526. The van der Waals surface area contributed by atoms with Gasteiger partial charge in [-0.05, 0) is 18.8 Å². The van der Waals surface area contributed by atoms with E-state index in [0.717, 1.165) is 12.8 Å². The molecule has 0 spiro atoms. The van der Waals surface area contributed by atoms with Crippen LogP contribution in [0.15, 0.2) is 0 Å². The van der Waals surface area contributed by atoms with Crippen molar-refractivity contribution in [3.8, 4) is 0 Å². The average Bonchev–Trinajstić information content (AvgIpc) is 3.30. The number of amides is 3. The quantitative estimate of drug-likeness (QED) is 0.651. The molecule has 3 aliphatic rings. The van der Waals surface area contributed by atoms with Crippen molar-refractivity contribution in [1.82, 2.24) is 14.7 Å². The Hall–Kier alpha value is -2.26. The number of rotatable bonds is 4. The van der Waals surface area contributed by atoms with E-state index in [1.807, 2.05) is 6.92 Å². The molecule has 0 unspecified atom stereocenters. The summed E-state index contributed by atoms with van der Waals surface area (Å²) in [6.07, 6.45) is 1.19. The summed E-state index contributed by atoms with van der Waals surface area (Å²) < 4.78 is 26.0. The van der Waals surface area contributed by atoms with Crippen LogP contribution in [0.25, 0.3) is 0 Å². The van der Waals surface area contributed by atoms with Gasteiger partial charge in [0.2, 0.25) is 0 Å². The molecule has 0 saturated carbocycles. The molecule has 3 saturated heterocycles. The summed E-state index contributed by atoms with van der Waals surface area (Å²) in [5.41, 5.74) is 0. The number of alkyl halides is 1. The third-order valence-corrected chi connectivity index (χ3v) is 5.10. The van der Waals surface area contributed by atoms with E-state index < -0.39 is 12.8 Å². The Morgan fingerprint density at radius 3 is 1.41 bits per heavy atom. The molecular weight excluding hydrogens is 385 g/mol. The van der Waals surface area contributed by atoms with Crippen LogP contribution in [0.5, 0.6) is 0 Å². The highest BCUT2D eigenvalue weighted by Gasteiger charge is 2.30. The molecule has 3 fully saturated rings. The lowest BCUT2D eigenvalue weighted by Gasteiger charge is -2.17. The van der Waals surface area contributed by atoms with Gasteiger partial charge in [-0.1, -0.05) is 20.8 Å². The van der Waals surface area contributed by atoms with Crippen LogP contribution < -0.4 is 0 Å². The maximum atomic E-state index is 11.8. The molecule has 3 heterocycles. The monoisotopic (exact) mass is 419 g/mol. The Labute approximate surface area is 172 Å². The highest BCUT2D eigenvalue weighted by molar-refractivity contribution is 5.70. The molecule has 0 aliphatic carbocycles. The summed E-state index contributed by atoms with van der Waals surface area (Å²) in [6.45, 7) is 7.13. The smallest absolute Gasteiger partial charge is 0.410 e. The van der Waals surface area contributed by atoms with Gasteiger partial charge in [0.15, 0.2) is 0 Å². The number of nitrogens with zero attached hydrogens (tertiary/aromatic N) is 3. The van der Waals surface area contributed by atoms with Gasteiger partial charge in [-0.2, -0.15) is 0 Å². The number of cyclic esters (lactones) is 3. The second-order valence-electron chi connectivity index (χ2n) is 7.72. The van der Waals surface area contributed by atoms with Crippen LogP contribution in [0.1, 0.15) is 33.6 Å². The van der Waals surface area contributed by atoms with Crippen LogP contribution in [-0.2, 0) is 14.2 Å². The Bertz CT molecular complexity index is 532. The van der Waals surface area contributed by atoms with Gasteiger partial charge in [0.25, 0.3) is 0 Å². The fourth-order valence-corrected chi connectivity index (χ4v) is 2.90. The van der Waals surface area contributed by atoms with Crippen LogP contribution in [0.2, 0.25) is 0 Å². The lowest BCUT2D eigenvalue weighted by molar-refractivity contribution is 0.162. The summed E-state index contributed by atoms with van der Waals surface area (Å²) in [7, 11) is 5.09. The van der Waals surface area contributed by atoms with Crippen LogP contribution in [0.3, 0.4) is 0 Å². The van der Waals surface area contributed by atoms with E-state index >= 15 is 0 Å². The summed E-state index contributed by atoms with van der Waals surface area (Å²) in [5.74, 6) is 0.622. The third-order valence-electron chi connectivity index (χ3n) is 5.10. The number of hydrogen-bond donors (Lipinski definition) is 0. The zero-order valence-electron chi connectivity index (χ0n) is 18.2. The number of likely N-dealkylation sites (N-methyl/N-ethyl adjacent to an activating group) is 3. The average molecular weight is 419 g/mol. The first-order chi connectivity index (χ1) is 13.6. The predicted molar refractivity (Wildman–Crippen MR) is 104 cm³/mol. The molecule has 10 heteroatoms.